The Hall–Kier alpha value is -2.21. The van der Waals surface area contributed by atoms with Gasteiger partial charge < -0.3 is 40.2 Å². The summed E-state index contributed by atoms with van der Waals surface area (Å²) in [7, 11) is 1.17. The number of aliphatic hydroxyl groups excluding tert-OH is 3. The van der Waals surface area contributed by atoms with Crippen LogP contribution in [0.3, 0.4) is 0 Å². The lowest BCUT2D eigenvalue weighted by atomic mass is 9.94. The predicted octanol–water partition coefficient (Wildman–Crippen LogP) is 2.74. The summed E-state index contributed by atoms with van der Waals surface area (Å²) in [6, 6.07) is -0.970. The summed E-state index contributed by atoms with van der Waals surface area (Å²) >= 11 is 0. The van der Waals surface area contributed by atoms with Crippen molar-refractivity contribution in [3.05, 3.63) is 12.2 Å². The van der Waals surface area contributed by atoms with Crippen LogP contribution in [0.4, 0.5) is 4.79 Å². The lowest BCUT2D eigenvalue weighted by molar-refractivity contribution is -0.150. The van der Waals surface area contributed by atoms with E-state index in [1.165, 1.54) is 45.3 Å². The van der Waals surface area contributed by atoms with Crippen molar-refractivity contribution in [2.45, 2.75) is 128 Å². The number of allylic oxidation sites excluding steroid dienone is 1. The molecule has 11 nitrogen and oxygen atoms in total. The van der Waals surface area contributed by atoms with E-state index in [4.69, 9.17) is 14.2 Å². The standard InChI is InChI=1S/C29H52N2O9/c1-6-7-8-9-10-11-12-13-18-39-28(37)40-20-14-15-21(26(35)30-19-20)31-27(36)25(38-5)24(34)23(33)22(32)16-17-29(2,3)4/h16-17,20-25,32-34H,6-15,18-19H2,1-5H3,(H,30,35)(H,31,36)/b17-16+/t20-,21+,22-,23+,24-,25-/m1/s1. The first-order valence-electron chi connectivity index (χ1n) is 14.6. The number of aliphatic hydroxyl groups is 3. The van der Waals surface area contributed by atoms with Gasteiger partial charge in [0, 0.05) is 7.11 Å². The summed E-state index contributed by atoms with van der Waals surface area (Å²) in [5.74, 6) is -1.31. The minimum atomic E-state index is -1.76. The third-order valence-corrected chi connectivity index (χ3v) is 6.71. The van der Waals surface area contributed by atoms with E-state index in [2.05, 4.69) is 17.6 Å². The molecule has 6 atom stereocenters. The van der Waals surface area contributed by atoms with E-state index < -0.39 is 54.5 Å². The molecule has 0 radical (unpaired) electrons. The van der Waals surface area contributed by atoms with Crippen molar-refractivity contribution in [3.8, 4) is 0 Å². The molecule has 2 amide bonds. The lowest BCUT2D eigenvalue weighted by Gasteiger charge is -2.28. The highest BCUT2D eigenvalue weighted by atomic mass is 16.7. The average Bonchev–Trinajstić information content (AvgIpc) is 3.06. The highest BCUT2D eigenvalue weighted by Gasteiger charge is 2.37. The Morgan fingerprint density at radius 2 is 1.65 bits per heavy atom. The molecule has 0 bridgehead atoms. The van der Waals surface area contributed by atoms with Crippen molar-refractivity contribution >= 4 is 18.0 Å². The van der Waals surface area contributed by atoms with E-state index in [-0.39, 0.29) is 31.4 Å². The fourth-order valence-electron chi connectivity index (χ4n) is 4.26. The van der Waals surface area contributed by atoms with E-state index in [0.717, 1.165) is 19.3 Å². The minimum Gasteiger partial charge on any atom is -0.434 e. The Labute approximate surface area is 239 Å². The fraction of sp³-hybridized carbons (Fsp3) is 0.828. The molecule has 1 aliphatic rings. The van der Waals surface area contributed by atoms with Gasteiger partial charge in [-0.15, -0.1) is 0 Å². The maximum Gasteiger partial charge on any atom is 0.508 e. The summed E-state index contributed by atoms with van der Waals surface area (Å²) < 4.78 is 15.6. The number of hydrogen-bond acceptors (Lipinski definition) is 9. The molecule has 5 N–H and O–H groups in total. The van der Waals surface area contributed by atoms with Gasteiger partial charge in [-0.2, -0.15) is 0 Å². The maximum absolute atomic E-state index is 12.8. The Kier molecular flexibility index (Phi) is 17.0. The molecule has 0 spiro atoms. The topological polar surface area (TPSA) is 164 Å². The molecule has 40 heavy (non-hydrogen) atoms. The second kappa shape index (κ2) is 19.0. The van der Waals surface area contributed by atoms with E-state index >= 15 is 0 Å². The normalized spacial score (nSPS) is 21.1. The number of carbonyl (C=O) groups is 3. The van der Waals surface area contributed by atoms with Gasteiger partial charge in [-0.1, -0.05) is 84.8 Å². The van der Waals surface area contributed by atoms with Crippen molar-refractivity contribution in [1.82, 2.24) is 10.6 Å². The monoisotopic (exact) mass is 572 g/mol. The molecule has 1 fully saturated rings. The summed E-state index contributed by atoms with van der Waals surface area (Å²) in [5.41, 5.74) is -0.262. The van der Waals surface area contributed by atoms with Crippen LogP contribution in [-0.4, -0.2) is 90.1 Å². The van der Waals surface area contributed by atoms with E-state index in [1.807, 2.05) is 20.8 Å². The molecule has 0 aromatic carbocycles. The molecule has 0 aromatic rings. The summed E-state index contributed by atoms with van der Waals surface area (Å²) in [6.07, 6.45) is 4.67. The molecule has 1 saturated heterocycles. The molecule has 1 heterocycles. The molecule has 0 unspecified atom stereocenters. The van der Waals surface area contributed by atoms with Crippen LogP contribution in [0.15, 0.2) is 12.2 Å². The Morgan fingerprint density at radius 3 is 2.25 bits per heavy atom. The van der Waals surface area contributed by atoms with Gasteiger partial charge >= 0.3 is 6.16 Å². The molecule has 11 heteroatoms. The second-order valence-corrected chi connectivity index (χ2v) is 11.6. The van der Waals surface area contributed by atoms with Gasteiger partial charge in [0.1, 0.15) is 30.5 Å². The van der Waals surface area contributed by atoms with Crippen LogP contribution < -0.4 is 10.6 Å². The van der Waals surface area contributed by atoms with Crippen molar-refractivity contribution in [1.29, 1.82) is 0 Å². The van der Waals surface area contributed by atoms with Crippen LogP contribution in [0.25, 0.3) is 0 Å². The zero-order chi connectivity index (χ0) is 30.1. The van der Waals surface area contributed by atoms with Crippen molar-refractivity contribution < 1.29 is 43.9 Å². The van der Waals surface area contributed by atoms with Gasteiger partial charge in [-0.05, 0) is 24.7 Å². The predicted molar refractivity (Wildman–Crippen MR) is 150 cm³/mol. The summed E-state index contributed by atoms with van der Waals surface area (Å²) in [4.78, 5) is 37.4. The van der Waals surface area contributed by atoms with Crippen LogP contribution in [0.2, 0.25) is 0 Å². The van der Waals surface area contributed by atoms with Crippen LogP contribution in [0.1, 0.15) is 91.9 Å². The lowest BCUT2D eigenvalue weighted by Crippen LogP contribution is -2.55. The Balaban J connectivity index is 2.48. The van der Waals surface area contributed by atoms with Gasteiger partial charge in [-0.3, -0.25) is 9.59 Å². The number of unbranched alkanes of at least 4 members (excludes halogenated alkanes) is 7. The molecule has 0 aliphatic carbocycles. The zero-order valence-electron chi connectivity index (χ0n) is 24.9. The molecular formula is C29H52N2O9. The van der Waals surface area contributed by atoms with Crippen LogP contribution in [-0.2, 0) is 23.8 Å². The largest absolute Gasteiger partial charge is 0.508 e. The smallest absolute Gasteiger partial charge is 0.434 e. The van der Waals surface area contributed by atoms with Crippen LogP contribution in [0.5, 0.6) is 0 Å². The Morgan fingerprint density at radius 1 is 1.02 bits per heavy atom. The Bertz CT molecular complexity index is 784. The fourth-order valence-corrected chi connectivity index (χ4v) is 4.26. The van der Waals surface area contributed by atoms with Crippen LogP contribution in [0, 0.1) is 5.41 Å². The van der Waals surface area contributed by atoms with Gasteiger partial charge in [0.15, 0.2) is 6.10 Å². The highest BCUT2D eigenvalue weighted by Crippen LogP contribution is 2.18. The molecule has 232 valence electrons. The first-order valence-corrected chi connectivity index (χ1v) is 14.6. The SMILES string of the molecule is CCCCCCCCCCOC(=O)O[C@@H]1CC[C@H](NC(=O)[C@H](OC)[C@H](O)[C@@H](O)[C@H](O)/C=C/C(C)(C)C)C(=O)NC1. The second-order valence-electron chi connectivity index (χ2n) is 11.6. The van der Waals surface area contributed by atoms with E-state index in [0.29, 0.717) is 0 Å². The molecule has 0 aromatic heterocycles. The highest BCUT2D eigenvalue weighted by molar-refractivity contribution is 5.89. The first kappa shape index (κ1) is 35.8. The quantitative estimate of drug-likeness (QED) is 0.100. The first-order chi connectivity index (χ1) is 18.9. The van der Waals surface area contributed by atoms with Gasteiger partial charge in [0.25, 0.3) is 5.91 Å². The third-order valence-electron chi connectivity index (χ3n) is 6.71. The number of amides is 2. The number of hydrogen-bond donors (Lipinski definition) is 5. The van der Waals surface area contributed by atoms with E-state index in [1.54, 1.807) is 6.08 Å². The molecular weight excluding hydrogens is 520 g/mol. The maximum atomic E-state index is 12.8. The number of rotatable bonds is 17. The molecule has 1 aliphatic heterocycles. The summed E-state index contributed by atoms with van der Waals surface area (Å²) in [5, 5.41) is 36.2. The average molecular weight is 573 g/mol. The minimum absolute atomic E-state index is 0.0689. The van der Waals surface area contributed by atoms with Gasteiger partial charge in [-0.25, -0.2) is 4.79 Å². The van der Waals surface area contributed by atoms with Crippen molar-refractivity contribution in [2.24, 2.45) is 5.41 Å². The molecule has 0 saturated carbocycles. The number of carbonyl (C=O) groups excluding carboxylic acids is 3. The number of ether oxygens (including phenoxy) is 3. The molecule has 1 rings (SSSR count). The van der Waals surface area contributed by atoms with Crippen LogP contribution >= 0.6 is 0 Å². The van der Waals surface area contributed by atoms with Gasteiger partial charge in [0.2, 0.25) is 5.91 Å². The van der Waals surface area contributed by atoms with Crippen molar-refractivity contribution in [3.63, 3.8) is 0 Å². The van der Waals surface area contributed by atoms with E-state index in [9.17, 15) is 29.7 Å². The zero-order valence-corrected chi connectivity index (χ0v) is 24.9. The summed E-state index contributed by atoms with van der Waals surface area (Å²) in [6.45, 7) is 8.24. The van der Waals surface area contributed by atoms with Gasteiger partial charge in [0.05, 0.1) is 13.2 Å². The third kappa shape index (κ3) is 14.4. The number of nitrogens with one attached hydrogen (secondary N) is 2. The van der Waals surface area contributed by atoms with Crippen molar-refractivity contribution in [2.75, 3.05) is 20.3 Å². The number of methoxy groups -OCH3 is 1.